The molecule has 0 saturated carbocycles. The maximum absolute atomic E-state index is 9.14. The zero-order valence-corrected chi connectivity index (χ0v) is 5.29. The standard InChI is InChI=1S/C6H12O2/c1-4-3-8-5(2)6(4)7/h4-7H,3H2,1-2H3/t4-,5?,6-/m1/s1. The van der Waals surface area contributed by atoms with Gasteiger partial charge < -0.3 is 9.84 Å². The first-order valence-corrected chi connectivity index (χ1v) is 3.01. The van der Waals surface area contributed by atoms with Crippen molar-refractivity contribution in [3.05, 3.63) is 0 Å². The van der Waals surface area contributed by atoms with Gasteiger partial charge in [-0.05, 0) is 6.92 Å². The Morgan fingerprint density at radius 2 is 2.12 bits per heavy atom. The predicted octanol–water partition coefficient (Wildman–Crippen LogP) is 0.402. The van der Waals surface area contributed by atoms with E-state index in [1.54, 1.807) is 0 Å². The van der Waals surface area contributed by atoms with Crippen LogP contribution in [0.5, 0.6) is 0 Å². The van der Waals surface area contributed by atoms with Crippen LogP contribution in [-0.2, 0) is 4.74 Å². The van der Waals surface area contributed by atoms with Gasteiger partial charge in [0.1, 0.15) is 0 Å². The van der Waals surface area contributed by atoms with Crippen LogP contribution in [0.3, 0.4) is 0 Å². The van der Waals surface area contributed by atoms with Crippen LogP contribution in [-0.4, -0.2) is 23.9 Å². The highest BCUT2D eigenvalue weighted by molar-refractivity contribution is 4.76. The Labute approximate surface area is 49.5 Å². The lowest BCUT2D eigenvalue weighted by atomic mass is 10.1. The number of hydrogen-bond donors (Lipinski definition) is 1. The minimum absolute atomic E-state index is 0.0463. The second kappa shape index (κ2) is 2.03. The van der Waals surface area contributed by atoms with E-state index < -0.39 is 0 Å². The molecular weight excluding hydrogens is 104 g/mol. The van der Waals surface area contributed by atoms with E-state index in [1.807, 2.05) is 13.8 Å². The molecule has 0 aromatic heterocycles. The summed E-state index contributed by atoms with van der Waals surface area (Å²) in [6.07, 6.45) is -0.194. The van der Waals surface area contributed by atoms with Crippen LogP contribution >= 0.6 is 0 Å². The molecule has 1 aliphatic heterocycles. The number of aliphatic hydroxyl groups excluding tert-OH is 1. The van der Waals surface area contributed by atoms with Gasteiger partial charge in [0.05, 0.1) is 18.8 Å². The van der Waals surface area contributed by atoms with Gasteiger partial charge in [0.25, 0.3) is 0 Å². The molecule has 0 bridgehead atoms. The lowest BCUT2D eigenvalue weighted by Crippen LogP contribution is -2.21. The molecule has 2 heteroatoms. The number of hydrogen-bond acceptors (Lipinski definition) is 2. The van der Waals surface area contributed by atoms with Gasteiger partial charge in [-0.1, -0.05) is 6.92 Å². The molecule has 0 aromatic carbocycles. The molecule has 1 rings (SSSR count). The van der Waals surface area contributed by atoms with Crippen molar-refractivity contribution in [3.8, 4) is 0 Å². The summed E-state index contributed by atoms with van der Waals surface area (Å²) in [6.45, 7) is 4.60. The SMILES string of the molecule is CC1OC[C@@H](C)[C@H]1O. The van der Waals surface area contributed by atoms with Crippen LogP contribution < -0.4 is 0 Å². The van der Waals surface area contributed by atoms with E-state index in [1.165, 1.54) is 0 Å². The van der Waals surface area contributed by atoms with Gasteiger partial charge in [-0.2, -0.15) is 0 Å². The van der Waals surface area contributed by atoms with Crippen molar-refractivity contribution in [1.82, 2.24) is 0 Å². The summed E-state index contributed by atoms with van der Waals surface area (Å²) in [5.41, 5.74) is 0. The fourth-order valence-corrected chi connectivity index (χ4v) is 0.963. The average Bonchev–Trinajstić information content (AvgIpc) is 1.98. The van der Waals surface area contributed by atoms with Gasteiger partial charge >= 0.3 is 0 Å². The number of aliphatic hydroxyl groups is 1. The van der Waals surface area contributed by atoms with Crippen molar-refractivity contribution in [1.29, 1.82) is 0 Å². The Morgan fingerprint density at radius 1 is 1.50 bits per heavy atom. The maximum Gasteiger partial charge on any atom is 0.0846 e. The molecule has 8 heavy (non-hydrogen) atoms. The third-order valence-corrected chi connectivity index (χ3v) is 1.69. The molecule has 0 amide bonds. The van der Waals surface area contributed by atoms with Gasteiger partial charge in [0.15, 0.2) is 0 Å². The molecule has 1 unspecified atom stereocenters. The molecule has 0 aliphatic carbocycles. The van der Waals surface area contributed by atoms with Crippen molar-refractivity contribution in [3.63, 3.8) is 0 Å². The summed E-state index contributed by atoms with van der Waals surface area (Å²) >= 11 is 0. The van der Waals surface area contributed by atoms with Crippen LogP contribution in [0.2, 0.25) is 0 Å². The quantitative estimate of drug-likeness (QED) is 0.496. The average molecular weight is 116 g/mol. The Kier molecular flexibility index (Phi) is 1.54. The van der Waals surface area contributed by atoms with E-state index in [-0.39, 0.29) is 12.2 Å². The molecule has 1 N–H and O–H groups in total. The Morgan fingerprint density at radius 3 is 2.25 bits per heavy atom. The maximum atomic E-state index is 9.14. The van der Waals surface area contributed by atoms with Crippen molar-refractivity contribution < 1.29 is 9.84 Å². The summed E-state index contributed by atoms with van der Waals surface area (Å²) in [4.78, 5) is 0. The van der Waals surface area contributed by atoms with E-state index in [9.17, 15) is 0 Å². The van der Waals surface area contributed by atoms with Crippen molar-refractivity contribution >= 4 is 0 Å². The van der Waals surface area contributed by atoms with E-state index >= 15 is 0 Å². The van der Waals surface area contributed by atoms with Crippen LogP contribution in [0.4, 0.5) is 0 Å². The summed E-state index contributed by atoms with van der Waals surface area (Å²) in [5, 5.41) is 9.14. The smallest absolute Gasteiger partial charge is 0.0846 e. The van der Waals surface area contributed by atoms with Gasteiger partial charge in [0.2, 0.25) is 0 Å². The lowest BCUT2D eigenvalue weighted by Gasteiger charge is -2.08. The molecule has 1 fully saturated rings. The van der Waals surface area contributed by atoms with Gasteiger partial charge in [-0.25, -0.2) is 0 Å². The highest BCUT2D eigenvalue weighted by atomic mass is 16.5. The third-order valence-electron chi connectivity index (χ3n) is 1.69. The van der Waals surface area contributed by atoms with Gasteiger partial charge in [-0.3, -0.25) is 0 Å². The zero-order chi connectivity index (χ0) is 6.15. The van der Waals surface area contributed by atoms with Crippen LogP contribution in [0.25, 0.3) is 0 Å². The summed E-state index contributed by atoms with van der Waals surface area (Å²) in [7, 11) is 0. The highest BCUT2D eigenvalue weighted by Gasteiger charge is 2.28. The molecule has 1 heterocycles. The fourth-order valence-electron chi connectivity index (χ4n) is 0.963. The molecule has 0 spiro atoms. The summed E-state index contributed by atoms with van der Waals surface area (Å²) in [6, 6.07) is 0. The van der Waals surface area contributed by atoms with E-state index in [2.05, 4.69) is 0 Å². The monoisotopic (exact) mass is 116 g/mol. The van der Waals surface area contributed by atoms with E-state index in [4.69, 9.17) is 9.84 Å². The van der Waals surface area contributed by atoms with Crippen LogP contribution in [0.15, 0.2) is 0 Å². The first kappa shape index (κ1) is 6.05. The summed E-state index contributed by atoms with van der Waals surface area (Å²) in [5.74, 6) is 0.324. The first-order valence-electron chi connectivity index (χ1n) is 3.01. The molecule has 1 saturated heterocycles. The second-order valence-electron chi connectivity index (χ2n) is 2.51. The summed E-state index contributed by atoms with van der Waals surface area (Å²) < 4.78 is 5.13. The topological polar surface area (TPSA) is 29.5 Å². The normalized spacial score (nSPS) is 47.6. The molecule has 48 valence electrons. The van der Waals surface area contributed by atoms with Crippen LogP contribution in [0, 0.1) is 5.92 Å². The van der Waals surface area contributed by atoms with Crippen LogP contribution in [0.1, 0.15) is 13.8 Å². The Balaban J connectivity index is 2.44. The lowest BCUT2D eigenvalue weighted by molar-refractivity contribution is 0.0525. The second-order valence-corrected chi connectivity index (χ2v) is 2.51. The molecule has 0 radical (unpaired) electrons. The van der Waals surface area contributed by atoms with Crippen molar-refractivity contribution in [2.24, 2.45) is 5.92 Å². The van der Waals surface area contributed by atoms with Gasteiger partial charge in [-0.15, -0.1) is 0 Å². The third kappa shape index (κ3) is 0.858. The first-order chi connectivity index (χ1) is 3.72. The minimum atomic E-state index is -0.241. The Hall–Kier alpha value is -0.0800. The molecule has 3 atom stereocenters. The zero-order valence-electron chi connectivity index (χ0n) is 5.29. The highest BCUT2D eigenvalue weighted by Crippen LogP contribution is 2.18. The fraction of sp³-hybridized carbons (Fsp3) is 1.00. The molecular formula is C6H12O2. The minimum Gasteiger partial charge on any atom is -0.390 e. The predicted molar refractivity (Wildman–Crippen MR) is 30.6 cm³/mol. The Bertz CT molecular complexity index is 72.6. The van der Waals surface area contributed by atoms with Crippen molar-refractivity contribution in [2.75, 3.05) is 6.61 Å². The molecule has 2 nitrogen and oxygen atoms in total. The van der Waals surface area contributed by atoms with Crippen molar-refractivity contribution in [2.45, 2.75) is 26.1 Å². The number of ether oxygens (including phenoxy) is 1. The molecule has 1 aliphatic rings. The number of rotatable bonds is 0. The largest absolute Gasteiger partial charge is 0.390 e. The molecule has 0 aromatic rings. The van der Waals surface area contributed by atoms with Gasteiger partial charge in [0, 0.05) is 5.92 Å². The van der Waals surface area contributed by atoms with E-state index in [0.717, 1.165) is 0 Å². The van der Waals surface area contributed by atoms with E-state index in [0.29, 0.717) is 12.5 Å².